The van der Waals surface area contributed by atoms with Crippen molar-refractivity contribution in [2.24, 2.45) is 0 Å². The molecule has 0 spiro atoms. The van der Waals surface area contributed by atoms with E-state index in [2.05, 4.69) is 5.32 Å². The van der Waals surface area contributed by atoms with Gasteiger partial charge in [-0.3, -0.25) is 9.10 Å². The SMILES string of the molecule is CCOC(=O)c1cc(NC(=O)CN(c2ccc(Cl)cc2)S(=O)(=O)c2ccccc2)ccc1Cl. The van der Waals surface area contributed by atoms with Crippen molar-refractivity contribution in [3.63, 3.8) is 0 Å². The number of ether oxygens (including phenoxy) is 1. The molecule has 7 nitrogen and oxygen atoms in total. The van der Waals surface area contributed by atoms with Crippen molar-refractivity contribution in [1.82, 2.24) is 0 Å². The molecule has 3 aromatic carbocycles. The van der Waals surface area contributed by atoms with Crippen molar-refractivity contribution in [2.75, 3.05) is 22.8 Å². The third-order valence-corrected chi connectivity index (χ3v) is 6.85. The van der Waals surface area contributed by atoms with Gasteiger partial charge in [-0.2, -0.15) is 0 Å². The molecule has 0 aliphatic carbocycles. The molecule has 0 atom stereocenters. The number of carbonyl (C=O) groups excluding carboxylic acids is 2. The Kier molecular flexibility index (Phi) is 7.97. The van der Waals surface area contributed by atoms with Crippen LogP contribution < -0.4 is 9.62 Å². The van der Waals surface area contributed by atoms with Gasteiger partial charge in [0.25, 0.3) is 10.0 Å². The summed E-state index contributed by atoms with van der Waals surface area (Å²) in [7, 11) is -4.06. The van der Waals surface area contributed by atoms with Crippen molar-refractivity contribution in [3.8, 4) is 0 Å². The molecule has 0 aliphatic rings. The number of nitrogens with one attached hydrogen (secondary N) is 1. The van der Waals surface area contributed by atoms with E-state index >= 15 is 0 Å². The van der Waals surface area contributed by atoms with Gasteiger partial charge in [0.15, 0.2) is 0 Å². The van der Waals surface area contributed by atoms with Crippen LogP contribution in [0.3, 0.4) is 0 Å². The van der Waals surface area contributed by atoms with E-state index in [1.807, 2.05) is 0 Å². The Morgan fingerprint density at radius 2 is 1.64 bits per heavy atom. The predicted molar refractivity (Wildman–Crippen MR) is 128 cm³/mol. The van der Waals surface area contributed by atoms with E-state index in [1.165, 1.54) is 54.6 Å². The first-order valence-corrected chi connectivity index (χ1v) is 12.0. The van der Waals surface area contributed by atoms with Crippen LogP contribution in [0.25, 0.3) is 0 Å². The van der Waals surface area contributed by atoms with Gasteiger partial charge < -0.3 is 10.1 Å². The lowest BCUT2D eigenvalue weighted by atomic mass is 10.2. The van der Waals surface area contributed by atoms with Crippen LogP contribution in [0.2, 0.25) is 10.0 Å². The number of sulfonamides is 1. The van der Waals surface area contributed by atoms with Crippen LogP contribution in [0.1, 0.15) is 17.3 Å². The van der Waals surface area contributed by atoms with Gasteiger partial charge in [-0.15, -0.1) is 0 Å². The number of carbonyl (C=O) groups is 2. The Hall–Kier alpha value is -3.07. The maximum Gasteiger partial charge on any atom is 0.339 e. The highest BCUT2D eigenvalue weighted by Gasteiger charge is 2.27. The fourth-order valence-corrected chi connectivity index (χ4v) is 4.70. The van der Waals surface area contributed by atoms with Gasteiger partial charge in [0, 0.05) is 10.7 Å². The number of hydrogen-bond donors (Lipinski definition) is 1. The molecular formula is C23H20Cl2N2O5S. The van der Waals surface area contributed by atoms with Crippen molar-refractivity contribution in [2.45, 2.75) is 11.8 Å². The van der Waals surface area contributed by atoms with Gasteiger partial charge in [-0.05, 0) is 61.5 Å². The summed E-state index contributed by atoms with van der Waals surface area (Å²) < 4.78 is 32.5. The minimum Gasteiger partial charge on any atom is -0.462 e. The minimum atomic E-state index is -4.06. The van der Waals surface area contributed by atoms with Crippen molar-refractivity contribution < 1.29 is 22.7 Å². The fourth-order valence-electron chi connectivity index (χ4n) is 2.94. The number of amides is 1. The molecule has 0 heterocycles. The van der Waals surface area contributed by atoms with Gasteiger partial charge >= 0.3 is 5.97 Å². The molecule has 10 heteroatoms. The van der Waals surface area contributed by atoms with Crippen molar-refractivity contribution in [1.29, 1.82) is 0 Å². The minimum absolute atomic E-state index is 0.0313. The Bertz CT molecular complexity index is 1250. The quantitative estimate of drug-likeness (QED) is 0.433. The second-order valence-electron chi connectivity index (χ2n) is 6.76. The van der Waals surface area contributed by atoms with Crippen LogP contribution in [-0.4, -0.2) is 33.4 Å². The smallest absolute Gasteiger partial charge is 0.339 e. The van der Waals surface area contributed by atoms with Gasteiger partial charge in [-0.1, -0.05) is 41.4 Å². The fraction of sp³-hybridized carbons (Fsp3) is 0.130. The predicted octanol–water partition coefficient (Wildman–Crippen LogP) is 5.00. The lowest BCUT2D eigenvalue weighted by molar-refractivity contribution is -0.114. The second kappa shape index (κ2) is 10.7. The van der Waals surface area contributed by atoms with E-state index in [-0.39, 0.29) is 33.5 Å². The van der Waals surface area contributed by atoms with Crippen LogP contribution in [0, 0.1) is 0 Å². The average Bonchev–Trinajstić information content (AvgIpc) is 2.80. The number of hydrogen-bond acceptors (Lipinski definition) is 5. The molecule has 3 aromatic rings. The summed E-state index contributed by atoms with van der Waals surface area (Å²) >= 11 is 12.0. The zero-order valence-corrected chi connectivity index (χ0v) is 19.8. The second-order valence-corrected chi connectivity index (χ2v) is 9.47. The summed E-state index contributed by atoms with van der Waals surface area (Å²) in [5.41, 5.74) is 0.616. The maximum atomic E-state index is 13.3. The molecule has 3 rings (SSSR count). The zero-order chi connectivity index (χ0) is 24.0. The Balaban J connectivity index is 1.89. The van der Waals surface area contributed by atoms with E-state index in [0.29, 0.717) is 5.02 Å². The summed E-state index contributed by atoms with van der Waals surface area (Å²) in [5, 5.41) is 3.20. The molecule has 0 bridgehead atoms. The van der Waals surface area contributed by atoms with Crippen molar-refractivity contribution in [3.05, 3.63) is 88.4 Å². The highest BCUT2D eigenvalue weighted by Crippen LogP contribution is 2.26. The monoisotopic (exact) mass is 506 g/mol. The van der Waals surface area contributed by atoms with E-state index in [0.717, 1.165) is 4.31 Å². The lowest BCUT2D eigenvalue weighted by Crippen LogP contribution is -2.38. The molecule has 0 radical (unpaired) electrons. The molecule has 0 saturated heterocycles. The van der Waals surface area contributed by atoms with Crippen molar-refractivity contribution >= 4 is 56.5 Å². The average molecular weight is 507 g/mol. The van der Waals surface area contributed by atoms with Crippen LogP contribution in [0.4, 0.5) is 11.4 Å². The molecule has 0 unspecified atom stereocenters. The number of nitrogens with zero attached hydrogens (tertiary/aromatic N) is 1. The summed E-state index contributed by atoms with van der Waals surface area (Å²) in [5.74, 6) is -1.25. The van der Waals surface area contributed by atoms with Gasteiger partial charge in [0.05, 0.1) is 27.8 Å². The Morgan fingerprint density at radius 1 is 0.970 bits per heavy atom. The van der Waals surface area contributed by atoms with Gasteiger partial charge in [-0.25, -0.2) is 13.2 Å². The molecule has 33 heavy (non-hydrogen) atoms. The number of benzene rings is 3. The Morgan fingerprint density at radius 3 is 2.27 bits per heavy atom. The lowest BCUT2D eigenvalue weighted by Gasteiger charge is -2.24. The highest BCUT2D eigenvalue weighted by atomic mass is 35.5. The highest BCUT2D eigenvalue weighted by molar-refractivity contribution is 7.92. The third kappa shape index (κ3) is 6.04. The molecule has 1 N–H and O–H groups in total. The zero-order valence-electron chi connectivity index (χ0n) is 17.5. The van der Waals surface area contributed by atoms with E-state index in [1.54, 1.807) is 25.1 Å². The molecule has 0 fully saturated rings. The maximum absolute atomic E-state index is 13.3. The van der Waals surface area contributed by atoms with E-state index in [4.69, 9.17) is 27.9 Å². The van der Waals surface area contributed by atoms with Gasteiger partial charge in [0.1, 0.15) is 6.54 Å². The Labute approximate surface area is 201 Å². The molecule has 0 aromatic heterocycles. The first-order chi connectivity index (χ1) is 15.7. The van der Waals surface area contributed by atoms with E-state index in [9.17, 15) is 18.0 Å². The molecular weight excluding hydrogens is 487 g/mol. The van der Waals surface area contributed by atoms with Crippen LogP contribution in [-0.2, 0) is 19.6 Å². The number of anilines is 2. The van der Waals surface area contributed by atoms with Crippen LogP contribution >= 0.6 is 23.2 Å². The summed E-state index contributed by atoms with van der Waals surface area (Å²) in [6, 6.07) is 18.2. The summed E-state index contributed by atoms with van der Waals surface area (Å²) in [6.45, 7) is 1.31. The largest absolute Gasteiger partial charge is 0.462 e. The molecule has 1 amide bonds. The summed E-state index contributed by atoms with van der Waals surface area (Å²) in [4.78, 5) is 24.9. The first-order valence-electron chi connectivity index (χ1n) is 9.82. The van der Waals surface area contributed by atoms with Crippen LogP contribution in [0.15, 0.2) is 77.7 Å². The number of halogens is 2. The van der Waals surface area contributed by atoms with Crippen LogP contribution in [0.5, 0.6) is 0 Å². The third-order valence-electron chi connectivity index (χ3n) is 4.48. The summed E-state index contributed by atoms with van der Waals surface area (Å²) in [6.07, 6.45) is 0. The molecule has 172 valence electrons. The molecule has 0 aliphatic heterocycles. The topological polar surface area (TPSA) is 92.8 Å². The first kappa shape index (κ1) is 24.6. The van der Waals surface area contributed by atoms with Gasteiger partial charge in [0.2, 0.25) is 5.91 Å². The number of rotatable bonds is 8. The van der Waals surface area contributed by atoms with E-state index < -0.39 is 28.4 Å². The number of esters is 1. The molecule has 0 saturated carbocycles. The standard InChI is InChI=1S/C23H20Cl2N2O5S/c1-2-32-23(29)20-14-17(10-13-21(20)25)26-22(28)15-27(18-11-8-16(24)9-12-18)33(30,31)19-6-4-3-5-7-19/h3-14H,2,15H2,1H3,(H,26,28). The normalized spacial score (nSPS) is 11.0.